The molecule has 0 atom stereocenters. The molecule has 0 bridgehead atoms. The summed E-state index contributed by atoms with van der Waals surface area (Å²) in [7, 11) is 0. The van der Waals surface area contributed by atoms with Crippen LogP contribution >= 0.6 is 35.0 Å². The Balaban J connectivity index is 1.63. The lowest BCUT2D eigenvalue weighted by Gasteiger charge is -2.17. The summed E-state index contributed by atoms with van der Waals surface area (Å²) in [4.78, 5) is 30.5. The maximum atomic E-state index is 13.3. The molecule has 1 amide bonds. The zero-order chi connectivity index (χ0) is 21.8. The van der Waals surface area contributed by atoms with E-state index >= 15 is 0 Å². The SMILES string of the molecule is O=C(CSc1nc2cc(Cl)ccc2c(=O)n1-c1ccc(Cl)cc1)NC1CCCCCC1. The van der Waals surface area contributed by atoms with Gasteiger partial charge in [-0.2, -0.15) is 0 Å². The molecule has 1 aliphatic rings. The Bertz CT molecular complexity index is 1140. The van der Waals surface area contributed by atoms with Gasteiger partial charge < -0.3 is 5.32 Å². The largest absolute Gasteiger partial charge is 0.353 e. The summed E-state index contributed by atoms with van der Waals surface area (Å²) in [6.07, 6.45) is 6.83. The third-order valence-corrected chi connectivity index (χ3v) is 6.86. The average molecular weight is 476 g/mol. The summed E-state index contributed by atoms with van der Waals surface area (Å²) >= 11 is 13.4. The van der Waals surface area contributed by atoms with E-state index < -0.39 is 0 Å². The van der Waals surface area contributed by atoms with Crippen molar-refractivity contribution < 1.29 is 4.79 Å². The molecule has 1 saturated carbocycles. The first-order valence-corrected chi connectivity index (χ1v) is 12.2. The topological polar surface area (TPSA) is 64.0 Å². The predicted molar refractivity (Wildman–Crippen MR) is 128 cm³/mol. The second-order valence-electron chi connectivity index (χ2n) is 7.72. The van der Waals surface area contributed by atoms with Crippen LogP contribution in [0.5, 0.6) is 0 Å². The Morgan fingerprint density at radius 1 is 1.03 bits per heavy atom. The van der Waals surface area contributed by atoms with Crippen LogP contribution in [0.3, 0.4) is 0 Å². The van der Waals surface area contributed by atoms with Gasteiger partial charge in [0.25, 0.3) is 5.56 Å². The van der Waals surface area contributed by atoms with Crippen LogP contribution in [0.4, 0.5) is 0 Å². The maximum absolute atomic E-state index is 13.3. The average Bonchev–Trinajstić information content (AvgIpc) is 3.02. The molecule has 1 heterocycles. The van der Waals surface area contributed by atoms with E-state index in [0.717, 1.165) is 25.7 Å². The van der Waals surface area contributed by atoms with Gasteiger partial charge in [0.1, 0.15) is 0 Å². The van der Waals surface area contributed by atoms with Crippen molar-refractivity contribution in [2.75, 3.05) is 5.75 Å². The fourth-order valence-corrected chi connectivity index (χ4v) is 4.99. The van der Waals surface area contributed by atoms with Crippen molar-refractivity contribution in [2.24, 2.45) is 0 Å². The van der Waals surface area contributed by atoms with Gasteiger partial charge in [-0.05, 0) is 55.3 Å². The van der Waals surface area contributed by atoms with E-state index in [1.807, 2.05) is 0 Å². The van der Waals surface area contributed by atoms with E-state index in [4.69, 9.17) is 23.2 Å². The number of nitrogens with zero attached hydrogens (tertiary/aromatic N) is 2. The molecular formula is C23H23Cl2N3O2S. The van der Waals surface area contributed by atoms with Crippen molar-refractivity contribution in [3.8, 4) is 5.69 Å². The first-order valence-electron chi connectivity index (χ1n) is 10.4. The Labute approximate surface area is 195 Å². The first-order chi connectivity index (χ1) is 15.0. The van der Waals surface area contributed by atoms with Gasteiger partial charge in [0, 0.05) is 16.1 Å². The minimum absolute atomic E-state index is 0.0417. The van der Waals surface area contributed by atoms with Gasteiger partial charge in [-0.3, -0.25) is 14.2 Å². The number of fused-ring (bicyclic) bond motifs is 1. The van der Waals surface area contributed by atoms with Crippen molar-refractivity contribution in [1.29, 1.82) is 0 Å². The van der Waals surface area contributed by atoms with Gasteiger partial charge in [0.15, 0.2) is 5.16 Å². The smallest absolute Gasteiger partial charge is 0.266 e. The van der Waals surface area contributed by atoms with Gasteiger partial charge in [0.2, 0.25) is 5.91 Å². The summed E-state index contributed by atoms with van der Waals surface area (Å²) < 4.78 is 1.52. The molecule has 3 aromatic rings. The first kappa shape index (κ1) is 22.2. The molecule has 162 valence electrons. The predicted octanol–water partition coefficient (Wildman–Crippen LogP) is 5.62. The number of nitrogens with one attached hydrogen (secondary N) is 1. The molecule has 0 saturated heterocycles. The van der Waals surface area contributed by atoms with Crippen LogP contribution in [-0.4, -0.2) is 27.3 Å². The van der Waals surface area contributed by atoms with Crippen LogP contribution in [-0.2, 0) is 4.79 Å². The highest BCUT2D eigenvalue weighted by Crippen LogP contribution is 2.24. The van der Waals surface area contributed by atoms with Gasteiger partial charge in [-0.1, -0.05) is 60.6 Å². The van der Waals surface area contributed by atoms with Crippen molar-refractivity contribution >= 4 is 51.8 Å². The highest BCUT2D eigenvalue weighted by atomic mass is 35.5. The highest BCUT2D eigenvalue weighted by molar-refractivity contribution is 7.99. The number of aromatic nitrogens is 2. The van der Waals surface area contributed by atoms with E-state index in [9.17, 15) is 9.59 Å². The van der Waals surface area contributed by atoms with Crippen molar-refractivity contribution in [3.63, 3.8) is 0 Å². The van der Waals surface area contributed by atoms with Gasteiger partial charge >= 0.3 is 0 Å². The van der Waals surface area contributed by atoms with E-state index in [0.29, 0.717) is 31.8 Å². The van der Waals surface area contributed by atoms with Crippen LogP contribution in [0.15, 0.2) is 52.4 Å². The number of hydrogen-bond acceptors (Lipinski definition) is 4. The molecule has 31 heavy (non-hydrogen) atoms. The van der Waals surface area contributed by atoms with E-state index in [-0.39, 0.29) is 23.3 Å². The normalized spacial score (nSPS) is 15.0. The molecule has 1 aliphatic carbocycles. The van der Waals surface area contributed by atoms with Crippen LogP contribution in [0.2, 0.25) is 10.0 Å². The second kappa shape index (κ2) is 10.1. The monoisotopic (exact) mass is 475 g/mol. The Morgan fingerprint density at radius 2 is 1.71 bits per heavy atom. The van der Waals surface area contributed by atoms with Gasteiger partial charge in [-0.25, -0.2) is 4.98 Å². The number of carbonyl (C=O) groups is 1. The number of rotatable bonds is 5. The number of amides is 1. The minimum Gasteiger partial charge on any atom is -0.353 e. The molecule has 1 N–H and O–H groups in total. The quantitative estimate of drug-likeness (QED) is 0.295. The zero-order valence-corrected chi connectivity index (χ0v) is 19.3. The summed E-state index contributed by atoms with van der Waals surface area (Å²) in [5.74, 6) is 0.141. The lowest BCUT2D eigenvalue weighted by molar-refractivity contribution is -0.119. The molecule has 0 radical (unpaired) electrons. The fourth-order valence-electron chi connectivity index (χ4n) is 3.88. The lowest BCUT2D eigenvalue weighted by atomic mass is 10.1. The number of thioether (sulfide) groups is 1. The fraction of sp³-hybridized carbons (Fsp3) is 0.348. The van der Waals surface area contributed by atoms with E-state index in [2.05, 4.69) is 10.3 Å². The molecule has 4 rings (SSSR count). The van der Waals surface area contributed by atoms with Gasteiger partial charge in [-0.15, -0.1) is 0 Å². The molecule has 0 unspecified atom stereocenters. The maximum Gasteiger partial charge on any atom is 0.266 e. The van der Waals surface area contributed by atoms with Crippen molar-refractivity contribution in [3.05, 3.63) is 62.9 Å². The standard InChI is InChI=1S/C23H23Cl2N3O2S/c24-15-7-10-18(11-8-15)28-22(30)19-12-9-16(25)13-20(19)27-23(28)31-14-21(29)26-17-5-3-1-2-4-6-17/h7-13,17H,1-6,14H2,(H,26,29). The lowest BCUT2D eigenvalue weighted by Crippen LogP contribution is -2.35. The van der Waals surface area contributed by atoms with E-state index in [1.165, 1.54) is 29.2 Å². The molecule has 0 spiro atoms. The number of benzene rings is 2. The van der Waals surface area contributed by atoms with Crippen molar-refractivity contribution in [1.82, 2.24) is 14.9 Å². The molecule has 8 heteroatoms. The van der Waals surface area contributed by atoms with Gasteiger partial charge in [0.05, 0.1) is 22.3 Å². The second-order valence-corrected chi connectivity index (χ2v) is 9.53. The van der Waals surface area contributed by atoms with Crippen molar-refractivity contribution in [2.45, 2.75) is 49.7 Å². The Kier molecular flexibility index (Phi) is 7.20. The molecule has 1 aromatic heterocycles. The number of hydrogen-bond donors (Lipinski definition) is 1. The van der Waals surface area contributed by atoms with Crippen LogP contribution in [0.1, 0.15) is 38.5 Å². The molecule has 2 aromatic carbocycles. The minimum atomic E-state index is -0.212. The third-order valence-electron chi connectivity index (χ3n) is 5.44. The third kappa shape index (κ3) is 5.43. The van der Waals surface area contributed by atoms with Crippen LogP contribution in [0.25, 0.3) is 16.6 Å². The number of halogens is 2. The van der Waals surface area contributed by atoms with Crippen LogP contribution in [0, 0.1) is 0 Å². The van der Waals surface area contributed by atoms with E-state index in [1.54, 1.807) is 42.5 Å². The zero-order valence-electron chi connectivity index (χ0n) is 16.9. The summed E-state index contributed by atoms with van der Waals surface area (Å²) in [6, 6.07) is 12.2. The summed E-state index contributed by atoms with van der Waals surface area (Å²) in [5.41, 5.74) is 0.940. The Morgan fingerprint density at radius 3 is 2.42 bits per heavy atom. The summed E-state index contributed by atoms with van der Waals surface area (Å²) in [6.45, 7) is 0. The summed E-state index contributed by atoms with van der Waals surface area (Å²) in [5, 5.41) is 5.13. The molecule has 1 fully saturated rings. The Hall–Kier alpha value is -2.02. The van der Waals surface area contributed by atoms with Crippen LogP contribution < -0.4 is 10.9 Å². The number of carbonyl (C=O) groups excluding carboxylic acids is 1. The molecule has 0 aliphatic heterocycles. The molecule has 5 nitrogen and oxygen atoms in total. The molecular weight excluding hydrogens is 453 g/mol. The highest BCUT2D eigenvalue weighted by Gasteiger charge is 2.18.